The Morgan fingerprint density at radius 1 is 1.05 bits per heavy atom. The molecule has 0 aliphatic rings. The third-order valence-corrected chi connectivity index (χ3v) is 3.80. The summed E-state index contributed by atoms with van der Waals surface area (Å²) in [5.74, 6) is 0.624. The minimum absolute atomic E-state index is 0.313. The highest BCUT2D eigenvalue weighted by atomic mass is 15.1. The molecule has 2 unspecified atom stereocenters. The molecule has 120 valence electrons. The van der Waals surface area contributed by atoms with Gasteiger partial charge in [-0.1, -0.05) is 65.0 Å². The van der Waals surface area contributed by atoms with E-state index in [1.54, 1.807) is 0 Å². The maximum atomic E-state index is 3.92. The van der Waals surface area contributed by atoms with E-state index in [0.717, 1.165) is 13.0 Å². The molecular formula is C19H34N2. The van der Waals surface area contributed by atoms with Gasteiger partial charge in [-0.15, -0.1) is 0 Å². The fraction of sp³-hybridized carbons (Fsp3) is 0.684. The lowest BCUT2D eigenvalue weighted by molar-refractivity contribution is 0.235. The van der Waals surface area contributed by atoms with Gasteiger partial charge in [0.05, 0.1) is 0 Å². The first kappa shape index (κ1) is 18.2. The van der Waals surface area contributed by atoms with Gasteiger partial charge in [-0.05, 0) is 37.4 Å². The smallest absolute Gasteiger partial charge is 0.0328 e. The molecule has 0 bridgehead atoms. The van der Waals surface area contributed by atoms with Crippen LogP contribution in [0.3, 0.4) is 0 Å². The lowest BCUT2D eigenvalue weighted by Gasteiger charge is -2.34. The van der Waals surface area contributed by atoms with Gasteiger partial charge in [0.2, 0.25) is 0 Å². The van der Waals surface area contributed by atoms with E-state index in [9.17, 15) is 0 Å². The summed E-state index contributed by atoms with van der Waals surface area (Å²) in [7, 11) is 4.30. The van der Waals surface area contributed by atoms with Crippen LogP contribution in [-0.2, 0) is 0 Å². The summed E-state index contributed by atoms with van der Waals surface area (Å²) < 4.78 is 0. The number of hydrogen-bond donors (Lipinski definition) is 1. The summed E-state index contributed by atoms with van der Waals surface area (Å²) >= 11 is 0. The van der Waals surface area contributed by atoms with Crippen LogP contribution in [-0.4, -0.2) is 31.6 Å². The van der Waals surface area contributed by atoms with Crippen molar-refractivity contribution in [1.29, 1.82) is 0 Å². The summed E-state index contributed by atoms with van der Waals surface area (Å²) in [5, 5.41) is 3.92. The van der Waals surface area contributed by atoms with Crippen molar-refractivity contribution in [2.45, 2.75) is 53.1 Å². The number of likely N-dealkylation sites (N-methyl/N-ethyl adjacent to an activating group) is 1. The summed E-state index contributed by atoms with van der Waals surface area (Å²) in [6.45, 7) is 12.6. The van der Waals surface area contributed by atoms with E-state index in [0.29, 0.717) is 23.4 Å². The van der Waals surface area contributed by atoms with E-state index in [-0.39, 0.29) is 0 Å². The Labute approximate surface area is 131 Å². The predicted octanol–water partition coefficient (Wildman–Crippen LogP) is 4.34. The summed E-state index contributed by atoms with van der Waals surface area (Å²) in [6.07, 6.45) is 1.15. The van der Waals surface area contributed by atoms with Gasteiger partial charge in [0.25, 0.3) is 0 Å². The van der Waals surface area contributed by atoms with Crippen LogP contribution in [0.2, 0.25) is 0 Å². The first-order valence-electron chi connectivity index (χ1n) is 8.15. The summed E-state index contributed by atoms with van der Waals surface area (Å²) in [6, 6.07) is 11.8. The molecule has 2 nitrogen and oxygen atoms in total. The predicted molar refractivity (Wildman–Crippen MR) is 93.6 cm³/mol. The van der Waals surface area contributed by atoms with Crippen molar-refractivity contribution in [3.8, 4) is 0 Å². The van der Waals surface area contributed by atoms with Crippen LogP contribution >= 0.6 is 0 Å². The zero-order valence-corrected chi connectivity index (χ0v) is 15.0. The van der Waals surface area contributed by atoms with Crippen LogP contribution in [0.15, 0.2) is 30.3 Å². The standard InChI is InChI=1S/C19H34N2/c1-15(2)18(14-21(6)7)20-17(13-19(3,4)5)16-11-9-8-10-12-16/h8-12,15,17-18,20H,13-14H2,1-7H3. The van der Waals surface area contributed by atoms with E-state index >= 15 is 0 Å². The molecule has 0 aromatic heterocycles. The molecule has 0 fully saturated rings. The zero-order chi connectivity index (χ0) is 16.0. The first-order chi connectivity index (χ1) is 9.69. The van der Waals surface area contributed by atoms with Crippen molar-refractivity contribution in [3.63, 3.8) is 0 Å². The number of hydrogen-bond acceptors (Lipinski definition) is 2. The zero-order valence-electron chi connectivity index (χ0n) is 15.0. The lowest BCUT2D eigenvalue weighted by Crippen LogP contribution is -2.44. The van der Waals surface area contributed by atoms with E-state index in [1.165, 1.54) is 5.56 Å². The summed E-state index contributed by atoms with van der Waals surface area (Å²) in [4.78, 5) is 2.27. The molecule has 0 saturated carbocycles. The maximum Gasteiger partial charge on any atom is 0.0328 e. The first-order valence-corrected chi connectivity index (χ1v) is 8.15. The molecule has 2 atom stereocenters. The maximum absolute atomic E-state index is 3.92. The third-order valence-electron chi connectivity index (χ3n) is 3.80. The Morgan fingerprint density at radius 2 is 1.62 bits per heavy atom. The minimum atomic E-state index is 0.313. The molecule has 0 heterocycles. The van der Waals surface area contributed by atoms with Gasteiger partial charge in [0, 0.05) is 18.6 Å². The molecule has 1 aromatic carbocycles. The molecule has 0 aliphatic carbocycles. The monoisotopic (exact) mass is 290 g/mol. The van der Waals surface area contributed by atoms with Crippen molar-refractivity contribution >= 4 is 0 Å². The highest BCUT2D eigenvalue weighted by Crippen LogP contribution is 2.30. The van der Waals surface area contributed by atoms with Crippen molar-refractivity contribution in [3.05, 3.63) is 35.9 Å². The van der Waals surface area contributed by atoms with Crippen LogP contribution in [0, 0.1) is 11.3 Å². The highest BCUT2D eigenvalue weighted by molar-refractivity contribution is 5.19. The Kier molecular flexibility index (Phi) is 6.89. The van der Waals surface area contributed by atoms with Crippen LogP contribution < -0.4 is 5.32 Å². The van der Waals surface area contributed by atoms with Gasteiger partial charge in [-0.2, -0.15) is 0 Å². The second kappa shape index (κ2) is 7.95. The van der Waals surface area contributed by atoms with Crippen molar-refractivity contribution in [2.75, 3.05) is 20.6 Å². The number of nitrogens with one attached hydrogen (secondary N) is 1. The second-order valence-electron chi connectivity index (χ2n) is 8.01. The molecule has 1 N–H and O–H groups in total. The minimum Gasteiger partial charge on any atom is -0.308 e. The molecule has 2 heteroatoms. The third kappa shape index (κ3) is 7.10. The fourth-order valence-electron chi connectivity index (χ4n) is 2.68. The van der Waals surface area contributed by atoms with E-state index in [1.807, 2.05) is 0 Å². The molecule has 21 heavy (non-hydrogen) atoms. The average Bonchev–Trinajstić information content (AvgIpc) is 2.36. The van der Waals surface area contributed by atoms with Crippen molar-refractivity contribution < 1.29 is 0 Å². The van der Waals surface area contributed by atoms with Crippen molar-refractivity contribution in [1.82, 2.24) is 10.2 Å². The van der Waals surface area contributed by atoms with Crippen molar-refractivity contribution in [2.24, 2.45) is 11.3 Å². The van der Waals surface area contributed by atoms with Gasteiger partial charge in [-0.3, -0.25) is 0 Å². The van der Waals surface area contributed by atoms with Gasteiger partial charge in [0.15, 0.2) is 0 Å². The topological polar surface area (TPSA) is 15.3 Å². The normalized spacial score (nSPS) is 15.5. The van der Waals surface area contributed by atoms with E-state index in [2.05, 4.69) is 89.3 Å². The fourth-order valence-corrected chi connectivity index (χ4v) is 2.68. The van der Waals surface area contributed by atoms with Crippen LogP contribution in [0.4, 0.5) is 0 Å². The Bertz CT molecular complexity index is 390. The molecule has 0 saturated heterocycles. The van der Waals surface area contributed by atoms with Gasteiger partial charge < -0.3 is 10.2 Å². The SMILES string of the molecule is CC(C)C(CN(C)C)NC(CC(C)(C)C)c1ccccc1. The molecule has 1 aromatic rings. The van der Waals surface area contributed by atoms with E-state index in [4.69, 9.17) is 0 Å². The second-order valence-corrected chi connectivity index (χ2v) is 8.01. The lowest BCUT2D eigenvalue weighted by atomic mass is 9.84. The van der Waals surface area contributed by atoms with Gasteiger partial charge in [-0.25, -0.2) is 0 Å². The Morgan fingerprint density at radius 3 is 2.05 bits per heavy atom. The van der Waals surface area contributed by atoms with Gasteiger partial charge >= 0.3 is 0 Å². The van der Waals surface area contributed by atoms with Crippen LogP contribution in [0.1, 0.15) is 52.6 Å². The molecule has 0 amide bonds. The molecule has 0 aliphatic heterocycles. The van der Waals surface area contributed by atoms with Crippen LogP contribution in [0.25, 0.3) is 0 Å². The molecular weight excluding hydrogens is 256 g/mol. The molecule has 0 spiro atoms. The highest BCUT2D eigenvalue weighted by Gasteiger charge is 2.24. The quantitative estimate of drug-likeness (QED) is 0.803. The number of rotatable bonds is 7. The average molecular weight is 290 g/mol. The Hall–Kier alpha value is -0.860. The summed E-state index contributed by atoms with van der Waals surface area (Å²) in [5.41, 5.74) is 1.71. The number of nitrogens with zero attached hydrogens (tertiary/aromatic N) is 1. The number of benzene rings is 1. The Balaban J connectivity index is 2.90. The van der Waals surface area contributed by atoms with Crippen LogP contribution in [0.5, 0.6) is 0 Å². The largest absolute Gasteiger partial charge is 0.308 e. The van der Waals surface area contributed by atoms with E-state index < -0.39 is 0 Å². The molecule has 1 rings (SSSR count). The molecule has 0 radical (unpaired) electrons. The van der Waals surface area contributed by atoms with Gasteiger partial charge in [0.1, 0.15) is 0 Å².